The molecule has 0 radical (unpaired) electrons. The molecule has 2 aromatic rings. The van der Waals surface area contributed by atoms with Gasteiger partial charge in [0.1, 0.15) is 10.9 Å². The zero-order chi connectivity index (χ0) is 15.6. The van der Waals surface area contributed by atoms with Crippen LogP contribution in [0.1, 0.15) is 16.1 Å². The van der Waals surface area contributed by atoms with E-state index in [1.807, 2.05) is 0 Å². The third-order valence-corrected chi connectivity index (χ3v) is 4.40. The zero-order valence-corrected chi connectivity index (χ0v) is 12.1. The van der Waals surface area contributed by atoms with Crippen molar-refractivity contribution in [2.45, 2.75) is 12.5 Å². The molecule has 1 atom stereocenters. The highest BCUT2D eigenvalue weighted by Crippen LogP contribution is 2.35. The Balaban J connectivity index is 2.27. The Labute approximate surface area is 128 Å². The lowest BCUT2D eigenvalue weighted by Gasteiger charge is -2.11. The van der Waals surface area contributed by atoms with E-state index >= 15 is 0 Å². The number of carboxylic acid groups (broad SMARTS) is 2. The summed E-state index contributed by atoms with van der Waals surface area (Å²) in [5, 5.41) is 20.7. The van der Waals surface area contributed by atoms with E-state index in [1.54, 1.807) is 24.3 Å². The monoisotopic (exact) mass is 327 g/mol. The number of hydrogen-bond acceptors (Lipinski definition) is 4. The van der Waals surface area contributed by atoms with E-state index in [9.17, 15) is 14.4 Å². The molecule has 1 aromatic heterocycles. The predicted octanol–water partition coefficient (Wildman–Crippen LogP) is 2.21. The van der Waals surface area contributed by atoms with Gasteiger partial charge >= 0.3 is 11.9 Å². The van der Waals surface area contributed by atoms with E-state index in [2.05, 4.69) is 5.32 Å². The molecule has 1 amide bonds. The van der Waals surface area contributed by atoms with Crippen molar-refractivity contribution in [3.8, 4) is 0 Å². The molecule has 1 aromatic carbocycles. The molecule has 1 heterocycles. The Hall–Kier alpha value is -2.12. The topological polar surface area (TPSA) is 104 Å². The van der Waals surface area contributed by atoms with Gasteiger partial charge in [-0.15, -0.1) is 11.3 Å². The minimum absolute atomic E-state index is 0.162. The lowest BCUT2D eigenvalue weighted by atomic mass is 10.2. The van der Waals surface area contributed by atoms with Crippen LogP contribution in [0.4, 0.5) is 0 Å². The minimum atomic E-state index is -1.50. The van der Waals surface area contributed by atoms with Gasteiger partial charge in [-0.05, 0) is 6.07 Å². The van der Waals surface area contributed by atoms with Gasteiger partial charge in [0.05, 0.1) is 11.4 Å². The Morgan fingerprint density at radius 1 is 1.24 bits per heavy atom. The Morgan fingerprint density at radius 2 is 1.90 bits per heavy atom. The number of carbonyl (C=O) groups excluding carboxylic acids is 1. The SMILES string of the molecule is O=C(O)CC(NC(=O)c1sc2ccccc2c1Cl)C(=O)O. The van der Waals surface area contributed by atoms with Crippen LogP contribution in [0.2, 0.25) is 5.02 Å². The average molecular weight is 328 g/mol. The maximum absolute atomic E-state index is 12.1. The Kier molecular flexibility index (Phi) is 4.44. The third kappa shape index (κ3) is 3.32. The largest absolute Gasteiger partial charge is 0.481 e. The number of aliphatic carboxylic acids is 2. The van der Waals surface area contributed by atoms with Crippen molar-refractivity contribution in [3.05, 3.63) is 34.2 Å². The van der Waals surface area contributed by atoms with Crippen LogP contribution >= 0.6 is 22.9 Å². The number of benzene rings is 1. The summed E-state index contributed by atoms with van der Waals surface area (Å²) in [6.07, 6.45) is -0.705. The van der Waals surface area contributed by atoms with Crippen molar-refractivity contribution in [1.82, 2.24) is 5.32 Å². The molecule has 8 heteroatoms. The first kappa shape index (κ1) is 15.3. The molecule has 0 aliphatic rings. The normalized spacial score (nSPS) is 12.0. The number of carbonyl (C=O) groups is 3. The molecular weight excluding hydrogens is 318 g/mol. The molecule has 21 heavy (non-hydrogen) atoms. The molecule has 1 unspecified atom stereocenters. The molecule has 0 spiro atoms. The van der Waals surface area contributed by atoms with Gasteiger partial charge in [-0.3, -0.25) is 9.59 Å². The number of fused-ring (bicyclic) bond motifs is 1. The fourth-order valence-electron chi connectivity index (χ4n) is 1.76. The van der Waals surface area contributed by atoms with Gasteiger partial charge in [0.25, 0.3) is 5.91 Å². The fraction of sp³-hybridized carbons (Fsp3) is 0.154. The molecule has 0 aliphatic heterocycles. The van der Waals surface area contributed by atoms with Gasteiger partial charge in [-0.25, -0.2) is 4.79 Å². The zero-order valence-electron chi connectivity index (χ0n) is 10.5. The molecule has 6 nitrogen and oxygen atoms in total. The van der Waals surface area contributed by atoms with Crippen molar-refractivity contribution in [2.75, 3.05) is 0 Å². The average Bonchev–Trinajstić information content (AvgIpc) is 2.75. The number of carboxylic acids is 2. The van der Waals surface area contributed by atoms with Crippen LogP contribution in [0.5, 0.6) is 0 Å². The van der Waals surface area contributed by atoms with Crippen molar-refractivity contribution < 1.29 is 24.6 Å². The second kappa shape index (κ2) is 6.11. The molecule has 0 bridgehead atoms. The third-order valence-electron chi connectivity index (χ3n) is 2.72. The maximum atomic E-state index is 12.1. The van der Waals surface area contributed by atoms with Crippen LogP contribution in [0.3, 0.4) is 0 Å². The van der Waals surface area contributed by atoms with Crippen molar-refractivity contribution in [2.24, 2.45) is 0 Å². The standard InChI is InChI=1S/C13H10ClNO5S/c14-10-6-3-1-2-4-8(6)21-11(10)12(18)15-7(13(19)20)5-9(16)17/h1-4,7H,5H2,(H,15,18)(H,16,17)(H,19,20). The van der Waals surface area contributed by atoms with Crippen LogP contribution in [0, 0.1) is 0 Å². The van der Waals surface area contributed by atoms with E-state index in [-0.39, 0.29) is 9.90 Å². The molecule has 0 saturated heterocycles. The van der Waals surface area contributed by atoms with Gasteiger partial charge in [-0.2, -0.15) is 0 Å². The lowest BCUT2D eigenvalue weighted by molar-refractivity contribution is -0.145. The second-order valence-electron chi connectivity index (χ2n) is 4.20. The summed E-state index contributed by atoms with van der Waals surface area (Å²) in [6.45, 7) is 0. The van der Waals surface area contributed by atoms with Gasteiger partial charge in [-0.1, -0.05) is 29.8 Å². The summed E-state index contributed by atoms with van der Waals surface area (Å²) in [6, 6.07) is 5.59. The minimum Gasteiger partial charge on any atom is -0.481 e. The summed E-state index contributed by atoms with van der Waals surface area (Å²) >= 11 is 7.23. The van der Waals surface area contributed by atoms with E-state index in [1.165, 1.54) is 0 Å². The van der Waals surface area contributed by atoms with Crippen LogP contribution < -0.4 is 5.32 Å². The molecule has 3 N–H and O–H groups in total. The quantitative estimate of drug-likeness (QED) is 0.781. The van der Waals surface area contributed by atoms with Crippen LogP contribution in [0.25, 0.3) is 10.1 Å². The van der Waals surface area contributed by atoms with Crippen molar-refractivity contribution in [1.29, 1.82) is 0 Å². The number of hydrogen-bond donors (Lipinski definition) is 3. The van der Waals surface area contributed by atoms with Gasteiger partial charge in [0.15, 0.2) is 0 Å². The molecule has 110 valence electrons. The van der Waals surface area contributed by atoms with Crippen LogP contribution in [-0.2, 0) is 9.59 Å². The summed E-state index contributed by atoms with van der Waals surface area (Å²) in [5.41, 5.74) is 0. The second-order valence-corrected chi connectivity index (χ2v) is 5.63. The van der Waals surface area contributed by atoms with Crippen molar-refractivity contribution >= 4 is 50.9 Å². The first-order chi connectivity index (χ1) is 9.90. The highest BCUT2D eigenvalue weighted by molar-refractivity contribution is 7.21. The van der Waals surface area contributed by atoms with Crippen LogP contribution in [0.15, 0.2) is 24.3 Å². The van der Waals surface area contributed by atoms with E-state index < -0.39 is 30.3 Å². The van der Waals surface area contributed by atoms with Crippen LogP contribution in [-0.4, -0.2) is 34.1 Å². The highest BCUT2D eigenvalue weighted by atomic mass is 35.5. The van der Waals surface area contributed by atoms with Gasteiger partial charge in [0.2, 0.25) is 0 Å². The number of amides is 1. The van der Waals surface area contributed by atoms with E-state index in [0.717, 1.165) is 16.0 Å². The molecule has 0 saturated carbocycles. The predicted molar refractivity (Wildman–Crippen MR) is 78.0 cm³/mol. The molecule has 0 aliphatic carbocycles. The first-order valence-corrected chi connectivity index (χ1v) is 7.02. The molecule has 2 rings (SSSR count). The fourth-order valence-corrected chi connectivity index (χ4v) is 3.18. The number of nitrogens with one attached hydrogen (secondary N) is 1. The Bertz CT molecular complexity index is 726. The number of halogens is 1. The Morgan fingerprint density at radius 3 is 2.48 bits per heavy atom. The van der Waals surface area contributed by atoms with Gasteiger partial charge in [0, 0.05) is 10.1 Å². The number of thiophene rings is 1. The summed E-state index contributed by atoms with van der Waals surface area (Å²) in [7, 11) is 0. The van der Waals surface area contributed by atoms with Gasteiger partial charge < -0.3 is 15.5 Å². The van der Waals surface area contributed by atoms with Crippen molar-refractivity contribution in [3.63, 3.8) is 0 Å². The van der Waals surface area contributed by atoms with E-state index in [4.69, 9.17) is 21.8 Å². The van der Waals surface area contributed by atoms with E-state index in [0.29, 0.717) is 5.39 Å². The maximum Gasteiger partial charge on any atom is 0.326 e. The summed E-state index contributed by atoms with van der Waals surface area (Å²) in [5.74, 6) is -3.43. The lowest BCUT2D eigenvalue weighted by Crippen LogP contribution is -2.42. The summed E-state index contributed by atoms with van der Waals surface area (Å²) in [4.78, 5) is 33.8. The molecular formula is C13H10ClNO5S. The number of rotatable bonds is 5. The highest BCUT2D eigenvalue weighted by Gasteiger charge is 2.26. The first-order valence-electron chi connectivity index (χ1n) is 5.82. The summed E-state index contributed by atoms with van der Waals surface area (Å²) < 4.78 is 0.790. The molecule has 0 fully saturated rings. The smallest absolute Gasteiger partial charge is 0.326 e.